The molecular weight excluding hydrogens is 521 g/mol. The summed E-state index contributed by atoms with van der Waals surface area (Å²) in [6.07, 6.45) is 1.72. The normalized spacial score (nSPS) is 19.5. The van der Waals surface area contributed by atoms with Crippen LogP contribution in [0.25, 0.3) is 10.9 Å². The molecule has 0 aliphatic carbocycles. The molecule has 208 valence electrons. The van der Waals surface area contributed by atoms with E-state index in [0.29, 0.717) is 74.3 Å². The van der Waals surface area contributed by atoms with Gasteiger partial charge in [0.2, 0.25) is 11.8 Å². The minimum absolute atomic E-state index is 0.0398. The van der Waals surface area contributed by atoms with Crippen LogP contribution < -0.4 is 15.4 Å². The number of anilines is 1. The van der Waals surface area contributed by atoms with E-state index in [1.807, 2.05) is 31.1 Å². The monoisotopic (exact) mass is 555 g/mol. The molecule has 1 aromatic carbocycles. The molecule has 0 saturated carbocycles. The Balaban J connectivity index is 1.15. The summed E-state index contributed by atoms with van der Waals surface area (Å²) < 4.78 is 20.7. The van der Waals surface area contributed by atoms with Gasteiger partial charge in [0.1, 0.15) is 17.5 Å². The van der Waals surface area contributed by atoms with Gasteiger partial charge in [-0.2, -0.15) is 0 Å². The Hall–Kier alpha value is -2.90. The number of hydrogen-bond acceptors (Lipinski definition) is 10. The number of aromatic nitrogens is 3. The van der Waals surface area contributed by atoms with Crippen LogP contribution in [0.4, 0.5) is 10.2 Å². The van der Waals surface area contributed by atoms with Crippen LogP contribution in [-0.2, 0) is 17.8 Å². The summed E-state index contributed by atoms with van der Waals surface area (Å²) in [5.41, 5.74) is 1.92. The van der Waals surface area contributed by atoms with Gasteiger partial charge in [0.15, 0.2) is 5.82 Å². The van der Waals surface area contributed by atoms with Crippen LogP contribution in [0, 0.1) is 11.7 Å². The summed E-state index contributed by atoms with van der Waals surface area (Å²) in [7, 11) is 3.96. The van der Waals surface area contributed by atoms with E-state index in [0.717, 1.165) is 22.7 Å². The number of aliphatic hydroxyl groups excluding tert-OH is 1. The number of β-amino-alcohol motifs (C(OH)–C–C–N with tert-alkyl or cyclic N) is 1. The highest BCUT2D eigenvalue weighted by Crippen LogP contribution is 2.27. The smallest absolute Gasteiger partial charge is 0.236 e. The molecule has 10 nitrogen and oxygen atoms in total. The molecule has 3 aromatic rings. The van der Waals surface area contributed by atoms with Gasteiger partial charge < -0.3 is 30.3 Å². The van der Waals surface area contributed by atoms with Gasteiger partial charge in [-0.15, -0.1) is 0 Å². The molecule has 1 saturated heterocycles. The fraction of sp³-hybridized carbons (Fsp3) is 0.481. The quantitative estimate of drug-likeness (QED) is 0.323. The second kappa shape index (κ2) is 12.5. The Kier molecular flexibility index (Phi) is 8.88. The van der Waals surface area contributed by atoms with Gasteiger partial charge >= 0.3 is 0 Å². The number of likely N-dealkylation sites (tertiary alicyclic amines) is 1. The van der Waals surface area contributed by atoms with E-state index in [1.54, 1.807) is 12.3 Å². The van der Waals surface area contributed by atoms with E-state index < -0.39 is 6.10 Å². The maximum atomic E-state index is 14.9. The van der Waals surface area contributed by atoms with Gasteiger partial charge in [-0.1, -0.05) is 11.8 Å². The van der Waals surface area contributed by atoms with E-state index in [4.69, 9.17) is 4.74 Å². The lowest BCUT2D eigenvalue weighted by molar-refractivity contribution is -0.113. The number of halogens is 1. The minimum atomic E-state index is -0.477. The molecule has 2 aliphatic heterocycles. The van der Waals surface area contributed by atoms with E-state index in [-0.39, 0.29) is 17.6 Å². The minimum Gasteiger partial charge on any atom is -0.476 e. The molecule has 0 radical (unpaired) electrons. The van der Waals surface area contributed by atoms with Crippen molar-refractivity contribution in [2.45, 2.75) is 24.1 Å². The molecule has 0 unspecified atom stereocenters. The van der Waals surface area contributed by atoms with Crippen molar-refractivity contribution < 1.29 is 19.0 Å². The molecule has 1 fully saturated rings. The first kappa shape index (κ1) is 27.7. The van der Waals surface area contributed by atoms with Crippen molar-refractivity contribution in [1.82, 2.24) is 30.1 Å². The number of ether oxygens (including phenoxy) is 1. The van der Waals surface area contributed by atoms with Crippen molar-refractivity contribution in [2.75, 3.05) is 64.5 Å². The number of amides is 1. The first-order valence-electron chi connectivity index (χ1n) is 13.1. The molecular formula is C27H34FN7O3S. The summed E-state index contributed by atoms with van der Waals surface area (Å²) >= 11 is 1.38. The third-order valence-corrected chi connectivity index (χ3v) is 7.91. The molecule has 12 heteroatoms. The number of carbonyl (C=O) groups is 1. The third-order valence-electron chi connectivity index (χ3n) is 6.93. The van der Waals surface area contributed by atoms with E-state index in [1.165, 1.54) is 17.8 Å². The Labute approximate surface area is 231 Å². The van der Waals surface area contributed by atoms with E-state index in [9.17, 15) is 14.3 Å². The lowest BCUT2D eigenvalue weighted by atomic mass is 10.1. The zero-order valence-corrected chi connectivity index (χ0v) is 23.0. The van der Waals surface area contributed by atoms with Gasteiger partial charge in [0.05, 0.1) is 29.3 Å². The van der Waals surface area contributed by atoms with Crippen LogP contribution in [0.2, 0.25) is 0 Å². The maximum absolute atomic E-state index is 14.9. The Morgan fingerprint density at radius 1 is 1.26 bits per heavy atom. The van der Waals surface area contributed by atoms with E-state index in [2.05, 4.69) is 30.5 Å². The van der Waals surface area contributed by atoms with E-state index >= 15 is 0 Å². The number of benzene rings is 1. The Bertz CT molecular complexity index is 1330. The third kappa shape index (κ3) is 7.00. The zero-order chi connectivity index (χ0) is 27.4. The first-order valence-corrected chi connectivity index (χ1v) is 14.1. The molecule has 2 aromatic heterocycles. The van der Waals surface area contributed by atoms with Gasteiger partial charge in [-0.25, -0.2) is 19.3 Å². The van der Waals surface area contributed by atoms with Crippen molar-refractivity contribution in [2.24, 2.45) is 5.92 Å². The molecule has 3 N–H and O–H groups in total. The van der Waals surface area contributed by atoms with Crippen molar-refractivity contribution in [1.29, 1.82) is 0 Å². The SMILES string of the molecule is CN(C)CCOc1ccc2ccc(F)c(CCN3C[C@H](CNCc4cnc5c(n4)NC(=O)CS5)[C@H](O)C3)c2n1. The lowest BCUT2D eigenvalue weighted by Crippen LogP contribution is -2.30. The summed E-state index contributed by atoms with van der Waals surface area (Å²) in [5.74, 6) is 1.03. The summed E-state index contributed by atoms with van der Waals surface area (Å²) in [5, 5.41) is 18.4. The summed E-state index contributed by atoms with van der Waals surface area (Å²) in [4.78, 5) is 29.3. The number of rotatable bonds is 11. The maximum Gasteiger partial charge on any atom is 0.236 e. The number of hydrogen-bond donors (Lipinski definition) is 3. The van der Waals surface area contributed by atoms with Crippen LogP contribution in [0.1, 0.15) is 11.3 Å². The fourth-order valence-electron chi connectivity index (χ4n) is 4.82. The molecule has 0 spiro atoms. The number of aliphatic hydroxyl groups is 1. The van der Waals surface area contributed by atoms with Crippen LogP contribution in [-0.4, -0.2) is 101 Å². The number of nitrogens with one attached hydrogen (secondary N) is 2. The largest absolute Gasteiger partial charge is 0.476 e. The highest BCUT2D eigenvalue weighted by Gasteiger charge is 2.31. The van der Waals surface area contributed by atoms with Gasteiger partial charge in [-0.3, -0.25) is 4.79 Å². The van der Waals surface area contributed by atoms with Crippen LogP contribution in [0.5, 0.6) is 5.88 Å². The van der Waals surface area contributed by atoms with Crippen LogP contribution in [0.3, 0.4) is 0 Å². The molecule has 1 amide bonds. The van der Waals surface area contributed by atoms with Crippen molar-refractivity contribution >= 4 is 34.4 Å². The molecule has 39 heavy (non-hydrogen) atoms. The van der Waals surface area contributed by atoms with Gasteiger partial charge in [0, 0.05) is 62.2 Å². The predicted molar refractivity (Wildman–Crippen MR) is 148 cm³/mol. The summed E-state index contributed by atoms with van der Waals surface area (Å²) in [6.45, 7) is 4.21. The van der Waals surface area contributed by atoms with Crippen molar-refractivity contribution in [3.05, 3.63) is 47.5 Å². The lowest BCUT2D eigenvalue weighted by Gasteiger charge is -2.17. The number of thioether (sulfide) groups is 1. The highest BCUT2D eigenvalue weighted by atomic mass is 32.2. The molecule has 5 rings (SSSR count). The molecule has 2 aliphatic rings. The highest BCUT2D eigenvalue weighted by molar-refractivity contribution is 8.00. The summed E-state index contributed by atoms with van der Waals surface area (Å²) in [6, 6.07) is 6.97. The van der Waals surface area contributed by atoms with Gasteiger partial charge in [-0.05, 0) is 38.7 Å². The molecule has 2 atom stereocenters. The average Bonchev–Trinajstić information content (AvgIpc) is 3.26. The Morgan fingerprint density at radius 3 is 2.95 bits per heavy atom. The van der Waals surface area contributed by atoms with Crippen LogP contribution in [0.15, 0.2) is 35.5 Å². The number of pyridine rings is 1. The predicted octanol–water partition coefficient (Wildman–Crippen LogP) is 1.77. The standard InChI is InChI=1S/C27H34FN7O3S/c1-34(2)9-10-38-24-6-4-17-3-5-21(28)20(25(17)33-24)7-8-35-14-18(22(36)15-35)11-29-12-19-13-30-27-26(31-19)32-23(37)16-39-27/h3-6,13,18,22,29,36H,7-12,14-16H2,1-2H3,(H,31,32,37)/t18-,22+/m0/s1. The first-order chi connectivity index (χ1) is 18.9. The second-order valence-electron chi connectivity index (χ2n) is 10.2. The topological polar surface area (TPSA) is 116 Å². The fourth-order valence-corrected chi connectivity index (χ4v) is 5.53. The zero-order valence-electron chi connectivity index (χ0n) is 22.2. The van der Waals surface area contributed by atoms with Gasteiger partial charge in [0.25, 0.3) is 0 Å². The number of likely N-dealkylation sites (N-methyl/N-ethyl adjacent to an activating group) is 1. The second-order valence-corrected chi connectivity index (χ2v) is 11.2. The average molecular weight is 556 g/mol. The van der Waals surface area contributed by atoms with Crippen molar-refractivity contribution in [3.63, 3.8) is 0 Å². The molecule has 0 bridgehead atoms. The van der Waals surface area contributed by atoms with Crippen LogP contribution >= 0.6 is 11.8 Å². The Morgan fingerprint density at radius 2 is 2.10 bits per heavy atom. The molecule has 4 heterocycles. The number of carbonyl (C=O) groups excluding carboxylic acids is 1. The number of fused-ring (bicyclic) bond motifs is 2. The number of nitrogens with zero attached hydrogens (tertiary/aromatic N) is 5. The van der Waals surface area contributed by atoms with Crippen molar-refractivity contribution in [3.8, 4) is 5.88 Å².